The molecule has 0 bridgehead atoms. The molecule has 0 fully saturated rings. The van der Waals surface area contributed by atoms with Gasteiger partial charge >= 0.3 is 12.1 Å². The van der Waals surface area contributed by atoms with Crippen molar-refractivity contribution in [2.45, 2.75) is 12.5 Å². The fourth-order valence-electron chi connectivity index (χ4n) is 3.53. The molecule has 0 aliphatic rings. The van der Waals surface area contributed by atoms with Crippen LogP contribution in [-0.4, -0.2) is 43.6 Å². The van der Waals surface area contributed by atoms with Crippen LogP contribution in [0.1, 0.15) is 5.56 Å². The van der Waals surface area contributed by atoms with Gasteiger partial charge in [0.15, 0.2) is 17.3 Å². The molecule has 1 atom stereocenters. The number of nitrogens with one attached hydrogen (secondary N) is 1. The summed E-state index contributed by atoms with van der Waals surface area (Å²) in [5.41, 5.74) is -0.561. The highest BCUT2D eigenvalue weighted by Gasteiger charge is 2.23. The average molecular weight is 493 g/mol. The first-order valence-corrected chi connectivity index (χ1v) is 10.4. The smallest absolute Gasteiger partial charge is 0.413 e. The zero-order valence-corrected chi connectivity index (χ0v) is 18.3. The van der Waals surface area contributed by atoms with E-state index in [1.807, 2.05) is 0 Å². The minimum Gasteiger partial charge on any atom is -0.508 e. The molecule has 0 aliphatic heterocycles. The Labute approximate surface area is 202 Å². The van der Waals surface area contributed by atoms with Crippen LogP contribution in [0.4, 0.5) is 4.79 Å². The van der Waals surface area contributed by atoms with Crippen molar-refractivity contribution >= 4 is 23.0 Å². The SMILES string of the molecule is O=C(N[C@@H](Cc1ccccc1)C(=O)O)Oc1cc(-c2oc3cc(O)cc(O)c3c(=O)c2O)ccc1O. The molecule has 11 nitrogen and oxygen atoms in total. The molecule has 3 aromatic carbocycles. The molecule has 0 radical (unpaired) electrons. The number of carbonyl (C=O) groups is 2. The van der Waals surface area contributed by atoms with E-state index in [1.165, 1.54) is 6.07 Å². The highest BCUT2D eigenvalue weighted by Crippen LogP contribution is 2.38. The van der Waals surface area contributed by atoms with Crippen LogP contribution < -0.4 is 15.5 Å². The van der Waals surface area contributed by atoms with E-state index >= 15 is 0 Å². The van der Waals surface area contributed by atoms with E-state index in [0.717, 1.165) is 24.3 Å². The molecule has 0 saturated carbocycles. The summed E-state index contributed by atoms with van der Waals surface area (Å²) in [7, 11) is 0. The Hall–Kier alpha value is -5.19. The lowest BCUT2D eigenvalue weighted by molar-refractivity contribution is -0.139. The zero-order valence-electron chi connectivity index (χ0n) is 18.3. The van der Waals surface area contributed by atoms with Crippen molar-refractivity contribution in [3.8, 4) is 40.1 Å². The number of hydrogen-bond acceptors (Lipinski definition) is 9. The molecular weight excluding hydrogens is 474 g/mol. The summed E-state index contributed by atoms with van der Waals surface area (Å²) in [6, 6.07) is 12.7. The lowest BCUT2D eigenvalue weighted by atomic mass is 10.1. The van der Waals surface area contributed by atoms with Crippen LogP contribution in [0.25, 0.3) is 22.3 Å². The number of carboxylic acids is 1. The Bertz CT molecular complexity index is 1530. The van der Waals surface area contributed by atoms with Crippen LogP contribution >= 0.6 is 0 Å². The maximum absolute atomic E-state index is 12.6. The Morgan fingerprint density at radius 3 is 2.36 bits per heavy atom. The maximum atomic E-state index is 12.6. The molecule has 1 heterocycles. The van der Waals surface area contributed by atoms with E-state index < -0.39 is 58.0 Å². The van der Waals surface area contributed by atoms with Crippen LogP contribution in [0, 0.1) is 0 Å². The Morgan fingerprint density at radius 1 is 0.944 bits per heavy atom. The van der Waals surface area contributed by atoms with Crippen molar-refractivity contribution in [1.82, 2.24) is 5.32 Å². The van der Waals surface area contributed by atoms with Crippen molar-refractivity contribution < 1.29 is 44.3 Å². The molecule has 184 valence electrons. The fourth-order valence-corrected chi connectivity index (χ4v) is 3.53. The maximum Gasteiger partial charge on any atom is 0.413 e. The molecular formula is C25H19NO10. The van der Waals surface area contributed by atoms with Gasteiger partial charge in [-0.1, -0.05) is 30.3 Å². The van der Waals surface area contributed by atoms with E-state index in [1.54, 1.807) is 30.3 Å². The van der Waals surface area contributed by atoms with Gasteiger partial charge < -0.3 is 40.0 Å². The van der Waals surface area contributed by atoms with E-state index in [0.29, 0.717) is 5.56 Å². The van der Waals surface area contributed by atoms with Crippen molar-refractivity contribution in [1.29, 1.82) is 0 Å². The molecule has 4 rings (SSSR count). The lowest BCUT2D eigenvalue weighted by Crippen LogP contribution is -2.43. The van der Waals surface area contributed by atoms with Crippen molar-refractivity contribution in [3.05, 3.63) is 76.5 Å². The topological polar surface area (TPSA) is 187 Å². The summed E-state index contributed by atoms with van der Waals surface area (Å²) in [4.78, 5) is 36.6. The van der Waals surface area contributed by atoms with Crippen LogP contribution in [0.3, 0.4) is 0 Å². The predicted octanol–water partition coefficient (Wildman–Crippen LogP) is 3.07. The van der Waals surface area contributed by atoms with Gasteiger partial charge in [0.05, 0.1) is 0 Å². The number of phenolic OH excluding ortho intramolecular Hbond substituents is 3. The number of carbonyl (C=O) groups excluding carboxylic acids is 1. The van der Waals surface area contributed by atoms with Crippen LogP contribution in [0.15, 0.2) is 69.9 Å². The third-order valence-electron chi connectivity index (χ3n) is 5.23. The second kappa shape index (κ2) is 9.58. The van der Waals surface area contributed by atoms with Gasteiger partial charge in [-0.25, -0.2) is 9.59 Å². The van der Waals surface area contributed by atoms with E-state index in [9.17, 15) is 39.9 Å². The largest absolute Gasteiger partial charge is 0.508 e. The highest BCUT2D eigenvalue weighted by atomic mass is 16.6. The third-order valence-corrected chi connectivity index (χ3v) is 5.23. The van der Waals surface area contributed by atoms with Crippen molar-refractivity contribution in [2.75, 3.05) is 0 Å². The van der Waals surface area contributed by atoms with Gasteiger partial charge in [-0.05, 0) is 23.8 Å². The molecule has 1 amide bonds. The minimum absolute atomic E-state index is 0.00555. The van der Waals surface area contributed by atoms with E-state index in [2.05, 4.69) is 5.32 Å². The summed E-state index contributed by atoms with van der Waals surface area (Å²) in [5.74, 6) is -4.49. The highest BCUT2D eigenvalue weighted by molar-refractivity contribution is 5.88. The predicted molar refractivity (Wildman–Crippen MR) is 125 cm³/mol. The normalized spacial score (nSPS) is 11.7. The summed E-state index contributed by atoms with van der Waals surface area (Å²) in [6.07, 6.45) is -1.20. The molecule has 1 aromatic heterocycles. The lowest BCUT2D eigenvalue weighted by Gasteiger charge is -2.15. The van der Waals surface area contributed by atoms with Crippen molar-refractivity contribution in [3.63, 3.8) is 0 Å². The van der Waals surface area contributed by atoms with Crippen LogP contribution in [-0.2, 0) is 11.2 Å². The Balaban J connectivity index is 1.62. The van der Waals surface area contributed by atoms with Gasteiger partial charge in [-0.15, -0.1) is 0 Å². The molecule has 0 unspecified atom stereocenters. The number of hydrogen-bond donors (Lipinski definition) is 6. The number of ether oxygens (including phenoxy) is 1. The van der Waals surface area contributed by atoms with Crippen LogP contribution in [0.5, 0.6) is 28.7 Å². The molecule has 0 saturated heterocycles. The molecule has 0 spiro atoms. The molecule has 4 aromatic rings. The summed E-state index contributed by atoms with van der Waals surface area (Å²) in [6.45, 7) is 0. The van der Waals surface area contributed by atoms with Gasteiger partial charge in [0, 0.05) is 24.1 Å². The second-order valence-electron chi connectivity index (χ2n) is 7.74. The van der Waals surface area contributed by atoms with Crippen LogP contribution in [0.2, 0.25) is 0 Å². The average Bonchev–Trinajstić information content (AvgIpc) is 2.82. The van der Waals surface area contributed by atoms with Crippen molar-refractivity contribution in [2.24, 2.45) is 0 Å². The second-order valence-corrected chi connectivity index (χ2v) is 7.74. The zero-order chi connectivity index (χ0) is 26.0. The quantitative estimate of drug-likeness (QED) is 0.233. The molecule has 0 aliphatic carbocycles. The number of rotatable bonds is 6. The van der Waals surface area contributed by atoms with Gasteiger partial charge in [-0.3, -0.25) is 4.79 Å². The monoisotopic (exact) mass is 493 g/mol. The Morgan fingerprint density at radius 2 is 1.67 bits per heavy atom. The van der Waals surface area contributed by atoms with Gasteiger partial charge in [0.25, 0.3) is 0 Å². The number of aliphatic carboxylic acids is 1. The number of carboxylic acid groups (broad SMARTS) is 1. The first kappa shape index (κ1) is 24.0. The number of amides is 1. The molecule has 6 N–H and O–H groups in total. The van der Waals surface area contributed by atoms with E-state index in [-0.39, 0.29) is 23.0 Å². The summed E-state index contributed by atoms with van der Waals surface area (Å²) < 4.78 is 10.6. The number of fused-ring (bicyclic) bond motifs is 1. The first-order valence-electron chi connectivity index (χ1n) is 10.4. The van der Waals surface area contributed by atoms with E-state index in [4.69, 9.17) is 9.15 Å². The summed E-state index contributed by atoms with van der Waals surface area (Å²) in [5, 5.41) is 51.4. The van der Waals surface area contributed by atoms with Gasteiger partial charge in [0.1, 0.15) is 28.5 Å². The van der Waals surface area contributed by atoms with Gasteiger partial charge in [0.2, 0.25) is 11.2 Å². The minimum atomic E-state index is -1.33. The molecule has 36 heavy (non-hydrogen) atoms. The van der Waals surface area contributed by atoms with Gasteiger partial charge in [-0.2, -0.15) is 0 Å². The number of benzene rings is 3. The number of phenols is 3. The Kier molecular flexibility index (Phi) is 6.38. The number of aromatic hydroxyl groups is 4. The summed E-state index contributed by atoms with van der Waals surface area (Å²) >= 11 is 0. The first-order chi connectivity index (χ1) is 17.1. The molecule has 11 heteroatoms. The fraction of sp³-hybridized carbons (Fsp3) is 0.0800. The standard InChI is InChI=1S/C25H19NO10/c27-14-10-17(29)20-19(11-14)35-23(22(31)21(20)30)13-6-7-16(28)18(9-13)36-25(34)26-15(24(32)33)8-12-4-2-1-3-5-12/h1-7,9-11,15,27-29,31H,8H2,(H,26,34)(H,32,33)/t15-/m0/s1. The third kappa shape index (κ3) is 4.85.